The highest BCUT2D eigenvalue weighted by Gasteiger charge is 1.99. The van der Waals surface area contributed by atoms with Crippen LogP contribution in [0.1, 0.15) is 11.1 Å². The largest absolute Gasteiger partial charge is 0.489 e. The summed E-state index contributed by atoms with van der Waals surface area (Å²) in [6.45, 7) is 2.35. The molecule has 0 saturated carbocycles. The van der Waals surface area contributed by atoms with Crippen molar-refractivity contribution in [1.82, 2.24) is 0 Å². The van der Waals surface area contributed by atoms with Gasteiger partial charge in [-0.2, -0.15) is 0 Å². The van der Waals surface area contributed by atoms with Crippen molar-refractivity contribution in [1.29, 1.82) is 0 Å². The minimum atomic E-state index is -0.239. The molecule has 0 unspecified atom stereocenters. The number of benzene rings is 2. The van der Waals surface area contributed by atoms with Crippen LogP contribution < -0.4 is 10.5 Å². The van der Waals surface area contributed by atoms with Crippen molar-refractivity contribution in [2.45, 2.75) is 13.5 Å². The Hall–Kier alpha value is -2.03. The lowest BCUT2D eigenvalue weighted by atomic mass is 10.2. The predicted molar refractivity (Wildman–Crippen MR) is 66.3 cm³/mol. The molecule has 2 aromatic carbocycles. The first-order chi connectivity index (χ1) is 8.15. The van der Waals surface area contributed by atoms with E-state index < -0.39 is 0 Å². The zero-order valence-electron chi connectivity index (χ0n) is 9.61. The SMILES string of the molecule is Cc1cc(OCc2ccc(F)cc2)ccc1N. The average Bonchev–Trinajstić information content (AvgIpc) is 2.33. The van der Waals surface area contributed by atoms with E-state index in [-0.39, 0.29) is 5.82 Å². The van der Waals surface area contributed by atoms with Gasteiger partial charge >= 0.3 is 0 Å². The second kappa shape index (κ2) is 4.87. The van der Waals surface area contributed by atoms with Crippen molar-refractivity contribution in [3.05, 3.63) is 59.4 Å². The van der Waals surface area contributed by atoms with E-state index in [0.717, 1.165) is 22.6 Å². The summed E-state index contributed by atoms with van der Waals surface area (Å²) < 4.78 is 18.3. The number of aryl methyl sites for hydroxylation is 1. The van der Waals surface area contributed by atoms with Crippen LogP contribution in [0.3, 0.4) is 0 Å². The van der Waals surface area contributed by atoms with Crippen molar-refractivity contribution in [2.24, 2.45) is 0 Å². The number of nitrogens with two attached hydrogens (primary N) is 1. The highest BCUT2D eigenvalue weighted by Crippen LogP contribution is 2.19. The van der Waals surface area contributed by atoms with Crippen LogP contribution in [0.15, 0.2) is 42.5 Å². The lowest BCUT2D eigenvalue weighted by Gasteiger charge is -2.08. The second-order valence-corrected chi connectivity index (χ2v) is 3.93. The molecule has 0 heterocycles. The minimum absolute atomic E-state index is 0.239. The maximum atomic E-state index is 12.7. The quantitative estimate of drug-likeness (QED) is 0.822. The first kappa shape index (κ1) is 11.5. The van der Waals surface area contributed by atoms with Crippen LogP contribution in [-0.4, -0.2) is 0 Å². The van der Waals surface area contributed by atoms with Crippen LogP contribution in [0.25, 0.3) is 0 Å². The molecular formula is C14H14FNO. The summed E-state index contributed by atoms with van der Waals surface area (Å²) in [6, 6.07) is 11.8. The smallest absolute Gasteiger partial charge is 0.123 e. The summed E-state index contributed by atoms with van der Waals surface area (Å²) in [5.41, 5.74) is 8.38. The fourth-order valence-corrected chi connectivity index (χ4v) is 1.49. The predicted octanol–water partition coefficient (Wildman–Crippen LogP) is 3.30. The van der Waals surface area contributed by atoms with E-state index in [1.165, 1.54) is 12.1 Å². The molecule has 17 heavy (non-hydrogen) atoms. The number of hydrogen-bond donors (Lipinski definition) is 1. The Labute approximate surface area is 99.8 Å². The van der Waals surface area contributed by atoms with Crippen molar-refractivity contribution in [3.8, 4) is 5.75 Å². The molecule has 2 N–H and O–H groups in total. The average molecular weight is 231 g/mol. The van der Waals surface area contributed by atoms with Crippen molar-refractivity contribution < 1.29 is 9.13 Å². The van der Waals surface area contributed by atoms with Gasteiger partial charge in [0.15, 0.2) is 0 Å². The fourth-order valence-electron chi connectivity index (χ4n) is 1.49. The molecule has 0 spiro atoms. The molecule has 0 aliphatic carbocycles. The molecule has 88 valence electrons. The summed E-state index contributed by atoms with van der Waals surface area (Å²) in [5.74, 6) is 0.526. The number of anilines is 1. The molecule has 2 rings (SSSR count). The highest BCUT2D eigenvalue weighted by molar-refractivity contribution is 5.49. The van der Waals surface area contributed by atoms with Crippen LogP contribution >= 0.6 is 0 Å². The third kappa shape index (κ3) is 2.97. The van der Waals surface area contributed by atoms with E-state index in [0.29, 0.717) is 6.61 Å². The number of halogens is 1. The Bertz CT molecular complexity index is 508. The first-order valence-electron chi connectivity index (χ1n) is 5.38. The van der Waals surface area contributed by atoms with Crippen LogP contribution in [-0.2, 0) is 6.61 Å². The third-order valence-corrected chi connectivity index (χ3v) is 2.56. The first-order valence-corrected chi connectivity index (χ1v) is 5.38. The van der Waals surface area contributed by atoms with Crippen molar-refractivity contribution in [2.75, 3.05) is 5.73 Å². The number of nitrogen functional groups attached to an aromatic ring is 1. The molecule has 0 aromatic heterocycles. The van der Waals surface area contributed by atoms with Crippen molar-refractivity contribution >= 4 is 5.69 Å². The second-order valence-electron chi connectivity index (χ2n) is 3.93. The topological polar surface area (TPSA) is 35.2 Å². The van der Waals surface area contributed by atoms with E-state index in [1.807, 2.05) is 25.1 Å². The molecule has 0 aliphatic heterocycles. The normalized spacial score (nSPS) is 10.2. The summed E-state index contributed by atoms with van der Waals surface area (Å²) in [6.07, 6.45) is 0. The molecule has 0 radical (unpaired) electrons. The molecule has 3 heteroatoms. The van der Waals surface area contributed by atoms with E-state index in [9.17, 15) is 4.39 Å². The molecule has 2 aromatic rings. The molecule has 0 saturated heterocycles. The Morgan fingerprint density at radius 2 is 1.82 bits per heavy atom. The van der Waals surface area contributed by atoms with Gasteiger partial charge in [-0.3, -0.25) is 0 Å². The fraction of sp³-hybridized carbons (Fsp3) is 0.143. The Balaban J connectivity index is 2.02. The highest BCUT2D eigenvalue weighted by atomic mass is 19.1. The van der Waals surface area contributed by atoms with Gasteiger partial charge in [0.1, 0.15) is 18.2 Å². The minimum Gasteiger partial charge on any atom is -0.489 e. The molecular weight excluding hydrogens is 217 g/mol. The summed E-state index contributed by atoms with van der Waals surface area (Å²) in [4.78, 5) is 0. The Morgan fingerprint density at radius 3 is 2.47 bits per heavy atom. The van der Waals surface area contributed by atoms with Crippen LogP contribution in [0, 0.1) is 12.7 Å². The van der Waals surface area contributed by atoms with Gasteiger partial charge in [0.25, 0.3) is 0 Å². The lowest BCUT2D eigenvalue weighted by Crippen LogP contribution is -1.97. The molecule has 0 fully saturated rings. The van der Waals surface area contributed by atoms with Crippen LogP contribution in [0.5, 0.6) is 5.75 Å². The number of hydrogen-bond acceptors (Lipinski definition) is 2. The zero-order chi connectivity index (χ0) is 12.3. The Kier molecular flexibility index (Phi) is 3.28. The number of ether oxygens (including phenoxy) is 1. The van der Waals surface area contributed by atoms with Crippen LogP contribution in [0.4, 0.5) is 10.1 Å². The van der Waals surface area contributed by atoms with Gasteiger partial charge in [0, 0.05) is 5.69 Å². The summed E-state index contributed by atoms with van der Waals surface area (Å²) >= 11 is 0. The number of rotatable bonds is 3. The molecule has 2 nitrogen and oxygen atoms in total. The monoisotopic (exact) mass is 231 g/mol. The van der Waals surface area contributed by atoms with Gasteiger partial charge in [-0.15, -0.1) is 0 Å². The van der Waals surface area contributed by atoms with E-state index >= 15 is 0 Å². The Morgan fingerprint density at radius 1 is 1.12 bits per heavy atom. The van der Waals surface area contributed by atoms with Gasteiger partial charge in [0.05, 0.1) is 0 Å². The van der Waals surface area contributed by atoms with Gasteiger partial charge in [-0.1, -0.05) is 12.1 Å². The summed E-state index contributed by atoms with van der Waals surface area (Å²) in [5, 5.41) is 0. The maximum Gasteiger partial charge on any atom is 0.123 e. The molecule has 0 aliphatic rings. The third-order valence-electron chi connectivity index (χ3n) is 2.56. The van der Waals surface area contributed by atoms with E-state index in [4.69, 9.17) is 10.5 Å². The maximum absolute atomic E-state index is 12.7. The van der Waals surface area contributed by atoms with Gasteiger partial charge in [-0.05, 0) is 48.4 Å². The lowest BCUT2D eigenvalue weighted by molar-refractivity contribution is 0.306. The van der Waals surface area contributed by atoms with Gasteiger partial charge in [-0.25, -0.2) is 4.39 Å². The molecule has 0 atom stereocenters. The zero-order valence-corrected chi connectivity index (χ0v) is 9.61. The van der Waals surface area contributed by atoms with Crippen LogP contribution in [0.2, 0.25) is 0 Å². The van der Waals surface area contributed by atoms with E-state index in [2.05, 4.69) is 0 Å². The molecule has 0 bridgehead atoms. The molecule has 0 amide bonds. The standard InChI is InChI=1S/C14H14FNO/c1-10-8-13(6-7-14(10)16)17-9-11-2-4-12(15)5-3-11/h2-8H,9,16H2,1H3. The van der Waals surface area contributed by atoms with Gasteiger partial charge < -0.3 is 10.5 Å². The van der Waals surface area contributed by atoms with Crippen molar-refractivity contribution in [3.63, 3.8) is 0 Å². The van der Waals surface area contributed by atoms with Gasteiger partial charge in [0.2, 0.25) is 0 Å². The van der Waals surface area contributed by atoms with E-state index in [1.54, 1.807) is 12.1 Å². The summed E-state index contributed by atoms with van der Waals surface area (Å²) in [7, 11) is 0.